The number of likely N-dealkylation sites (N-methyl/N-ethyl adjacent to an activating group) is 1. The molecule has 22 heavy (non-hydrogen) atoms. The summed E-state index contributed by atoms with van der Waals surface area (Å²) in [6, 6.07) is 4.48. The molecule has 120 valence electrons. The predicted molar refractivity (Wildman–Crippen MR) is 82.3 cm³/mol. The van der Waals surface area contributed by atoms with E-state index in [0.717, 1.165) is 0 Å². The summed E-state index contributed by atoms with van der Waals surface area (Å²) < 4.78 is 14.3. The summed E-state index contributed by atoms with van der Waals surface area (Å²) in [5, 5.41) is 4.70. The summed E-state index contributed by atoms with van der Waals surface area (Å²) in [4.78, 5) is 35.2. The van der Waals surface area contributed by atoms with Crippen LogP contribution in [0.1, 0.15) is 12.5 Å². The van der Waals surface area contributed by atoms with Gasteiger partial charge in [-0.3, -0.25) is 14.4 Å². The number of rotatable bonds is 6. The molecule has 0 spiro atoms. The molecular formula is C14H17BrFN3O3. The van der Waals surface area contributed by atoms with Crippen molar-refractivity contribution in [1.29, 1.82) is 0 Å². The standard InChI is InChI=1S/C14H17BrFN3O3/c1-9(20)17-6-13(21)18-7-14(22)19(2)8-10-5-11(15)3-4-12(10)16/h3-5H,6-8H2,1-2H3,(H,17,20)(H,18,21). The first-order valence-corrected chi connectivity index (χ1v) is 7.28. The van der Waals surface area contributed by atoms with Crippen LogP contribution in [0.4, 0.5) is 4.39 Å². The summed E-state index contributed by atoms with van der Waals surface area (Å²) in [6.07, 6.45) is 0. The predicted octanol–water partition coefficient (Wildman–Crippen LogP) is 0.799. The Balaban J connectivity index is 2.46. The number of hydrogen-bond donors (Lipinski definition) is 2. The van der Waals surface area contributed by atoms with E-state index < -0.39 is 11.7 Å². The van der Waals surface area contributed by atoms with E-state index in [9.17, 15) is 18.8 Å². The Hall–Kier alpha value is -1.96. The van der Waals surface area contributed by atoms with Gasteiger partial charge >= 0.3 is 0 Å². The molecule has 0 unspecified atom stereocenters. The molecule has 0 saturated heterocycles. The van der Waals surface area contributed by atoms with Crippen LogP contribution in [0.5, 0.6) is 0 Å². The lowest BCUT2D eigenvalue weighted by atomic mass is 10.2. The molecule has 0 aromatic heterocycles. The molecule has 0 aliphatic carbocycles. The second kappa shape index (κ2) is 8.47. The van der Waals surface area contributed by atoms with Crippen molar-refractivity contribution < 1.29 is 18.8 Å². The fourth-order valence-corrected chi connectivity index (χ4v) is 1.99. The minimum Gasteiger partial charge on any atom is -0.347 e. The molecule has 0 aliphatic rings. The van der Waals surface area contributed by atoms with Crippen molar-refractivity contribution in [2.24, 2.45) is 0 Å². The summed E-state index contributed by atoms with van der Waals surface area (Å²) in [5.74, 6) is -1.57. The van der Waals surface area contributed by atoms with Gasteiger partial charge in [0.25, 0.3) is 0 Å². The molecule has 8 heteroatoms. The van der Waals surface area contributed by atoms with Crippen molar-refractivity contribution in [1.82, 2.24) is 15.5 Å². The van der Waals surface area contributed by atoms with Crippen molar-refractivity contribution >= 4 is 33.7 Å². The van der Waals surface area contributed by atoms with Crippen molar-refractivity contribution in [3.63, 3.8) is 0 Å². The Morgan fingerprint density at radius 3 is 2.55 bits per heavy atom. The molecule has 0 fully saturated rings. The normalized spacial score (nSPS) is 10.0. The maximum Gasteiger partial charge on any atom is 0.242 e. The lowest BCUT2D eigenvalue weighted by Gasteiger charge is -2.18. The first-order valence-electron chi connectivity index (χ1n) is 6.48. The van der Waals surface area contributed by atoms with E-state index in [-0.39, 0.29) is 31.4 Å². The zero-order chi connectivity index (χ0) is 16.7. The monoisotopic (exact) mass is 373 g/mol. The van der Waals surface area contributed by atoms with Gasteiger partial charge in [-0.1, -0.05) is 15.9 Å². The number of benzene rings is 1. The van der Waals surface area contributed by atoms with Gasteiger partial charge in [-0.2, -0.15) is 0 Å². The van der Waals surface area contributed by atoms with Crippen molar-refractivity contribution in [2.45, 2.75) is 13.5 Å². The van der Waals surface area contributed by atoms with Gasteiger partial charge in [-0.15, -0.1) is 0 Å². The van der Waals surface area contributed by atoms with Crippen LogP contribution in [0.2, 0.25) is 0 Å². The van der Waals surface area contributed by atoms with Crippen molar-refractivity contribution in [3.8, 4) is 0 Å². The molecule has 0 bridgehead atoms. The Morgan fingerprint density at radius 2 is 1.91 bits per heavy atom. The quantitative estimate of drug-likeness (QED) is 0.773. The van der Waals surface area contributed by atoms with E-state index in [1.807, 2.05) is 0 Å². The minimum atomic E-state index is -0.467. The van der Waals surface area contributed by atoms with E-state index in [2.05, 4.69) is 26.6 Å². The number of carbonyl (C=O) groups is 3. The number of hydrogen-bond acceptors (Lipinski definition) is 3. The summed E-state index contributed by atoms with van der Waals surface area (Å²) >= 11 is 3.24. The number of nitrogens with one attached hydrogen (secondary N) is 2. The highest BCUT2D eigenvalue weighted by molar-refractivity contribution is 9.10. The van der Waals surface area contributed by atoms with Crippen LogP contribution < -0.4 is 10.6 Å². The van der Waals surface area contributed by atoms with Gasteiger partial charge in [-0.25, -0.2) is 4.39 Å². The van der Waals surface area contributed by atoms with E-state index >= 15 is 0 Å². The molecule has 0 heterocycles. The fourth-order valence-electron chi connectivity index (χ4n) is 1.58. The van der Waals surface area contributed by atoms with Crippen LogP contribution in [-0.4, -0.2) is 42.8 Å². The van der Waals surface area contributed by atoms with Gasteiger partial charge in [-0.05, 0) is 18.2 Å². The second-order valence-electron chi connectivity index (χ2n) is 4.67. The van der Waals surface area contributed by atoms with Gasteiger partial charge in [0.05, 0.1) is 13.1 Å². The highest BCUT2D eigenvalue weighted by Gasteiger charge is 2.13. The van der Waals surface area contributed by atoms with Crippen LogP contribution in [0.25, 0.3) is 0 Å². The highest BCUT2D eigenvalue weighted by Crippen LogP contribution is 2.16. The van der Waals surface area contributed by atoms with Gasteiger partial charge < -0.3 is 15.5 Å². The average molecular weight is 374 g/mol. The van der Waals surface area contributed by atoms with E-state index in [1.54, 1.807) is 12.1 Å². The zero-order valence-electron chi connectivity index (χ0n) is 12.3. The molecule has 0 atom stereocenters. The Morgan fingerprint density at radius 1 is 1.23 bits per heavy atom. The lowest BCUT2D eigenvalue weighted by Crippen LogP contribution is -2.42. The molecule has 0 saturated carbocycles. The maximum atomic E-state index is 13.6. The van der Waals surface area contributed by atoms with Gasteiger partial charge in [0.1, 0.15) is 5.82 Å². The molecule has 0 aliphatic heterocycles. The van der Waals surface area contributed by atoms with Crippen LogP contribution >= 0.6 is 15.9 Å². The molecule has 1 aromatic rings. The van der Waals surface area contributed by atoms with Gasteiger partial charge in [0.15, 0.2) is 0 Å². The number of nitrogens with zero attached hydrogens (tertiary/aromatic N) is 1. The molecule has 6 nitrogen and oxygen atoms in total. The van der Waals surface area contributed by atoms with Crippen LogP contribution in [0, 0.1) is 5.82 Å². The SMILES string of the molecule is CC(=O)NCC(=O)NCC(=O)N(C)Cc1cc(Br)ccc1F. The average Bonchev–Trinajstić information content (AvgIpc) is 2.46. The zero-order valence-corrected chi connectivity index (χ0v) is 13.9. The lowest BCUT2D eigenvalue weighted by molar-refractivity contribution is -0.132. The first kappa shape index (κ1) is 18.1. The molecule has 0 radical (unpaired) electrons. The topological polar surface area (TPSA) is 78.5 Å². The fraction of sp³-hybridized carbons (Fsp3) is 0.357. The molecule has 3 amide bonds. The molecule has 2 N–H and O–H groups in total. The summed E-state index contributed by atoms with van der Waals surface area (Å²) in [7, 11) is 1.52. The minimum absolute atomic E-state index is 0.0890. The van der Waals surface area contributed by atoms with Gasteiger partial charge in [0.2, 0.25) is 17.7 Å². The Kier molecular flexibility index (Phi) is 6.97. The summed E-state index contributed by atoms with van der Waals surface area (Å²) in [5.41, 5.74) is 0.370. The van der Waals surface area contributed by atoms with Crippen LogP contribution in [0.15, 0.2) is 22.7 Å². The second-order valence-corrected chi connectivity index (χ2v) is 5.59. The Labute approximate surface area is 136 Å². The molecule has 1 rings (SSSR count). The third-order valence-electron chi connectivity index (χ3n) is 2.78. The van der Waals surface area contributed by atoms with Crippen molar-refractivity contribution in [2.75, 3.05) is 20.1 Å². The highest BCUT2D eigenvalue weighted by atomic mass is 79.9. The van der Waals surface area contributed by atoms with Gasteiger partial charge in [0, 0.05) is 30.6 Å². The first-order chi connectivity index (χ1) is 10.3. The largest absolute Gasteiger partial charge is 0.347 e. The van der Waals surface area contributed by atoms with E-state index in [0.29, 0.717) is 10.0 Å². The molecule has 1 aromatic carbocycles. The van der Waals surface area contributed by atoms with Crippen molar-refractivity contribution in [3.05, 3.63) is 34.1 Å². The third-order valence-corrected chi connectivity index (χ3v) is 3.27. The van der Waals surface area contributed by atoms with E-state index in [4.69, 9.17) is 0 Å². The van der Waals surface area contributed by atoms with Crippen LogP contribution in [0.3, 0.4) is 0 Å². The third kappa shape index (κ3) is 6.21. The number of amides is 3. The maximum absolute atomic E-state index is 13.6. The number of halogens is 2. The Bertz CT molecular complexity index is 580. The molecular weight excluding hydrogens is 357 g/mol. The van der Waals surface area contributed by atoms with Crippen LogP contribution in [-0.2, 0) is 20.9 Å². The smallest absolute Gasteiger partial charge is 0.242 e. The summed E-state index contributed by atoms with van der Waals surface area (Å²) in [6.45, 7) is 0.974. The number of carbonyl (C=O) groups excluding carboxylic acids is 3. The van der Waals surface area contributed by atoms with E-state index in [1.165, 1.54) is 24.9 Å².